The maximum atomic E-state index is 12.8. The van der Waals surface area contributed by atoms with Gasteiger partial charge in [0.1, 0.15) is 12.4 Å². The van der Waals surface area contributed by atoms with E-state index >= 15 is 0 Å². The Morgan fingerprint density at radius 1 is 1.17 bits per heavy atom. The largest absolute Gasteiger partial charge is 0.489 e. The van der Waals surface area contributed by atoms with E-state index in [0.29, 0.717) is 34.7 Å². The van der Waals surface area contributed by atoms with Crippen LogP contribution >= 0.6 is 22.9 Å². The SMILES string of the molecule is CN(Cc1nc(-c2cccs2)no1)C(=O)c1cccc(OCc2ccccc2Cl)c1. The lowest BCUT2D eigenvalue weighted by Crippen LogP contribution is -2.26. The number of halogens is 1. The van der Waals surface area contributed by atoms with Crippen LogP contribution in [0.5, 0.6) is 5.75 Å². The fourth-order valence-corrected chi connectivity index (χ4v) is 3.65. The first-order valence-electron chi connectivity index (χ1n) is 9.18. The summed E-state index contributed by atoms with van der Waals surface area (Å²) in [5, 5.41) is 6.56. The van der Waals surface area contributed by atoms with E-state index in [9.17, 15) is 4.79 Å². The van der Waals surface area contributed by atoms with Crippen LogP contribution in [0.4, 0.5) is 0 Å². The van der Waals surface area contributed by atoms with Gasteiger partial charge in [0.15, 0.2) is 0 Å². The van der Waals surface area contributed by atoms with Crippen LogP contribution in [0.2, 0.25) is 5.02 Å². The number of thiophene rings is 1. The third-order valence-electron chi connectivity index (χ3n) is 4.36. The third-order valence-corrected chi connectivity index (χ3v) is 5.60. The van der Waals surface area contributed by atoms with Gasteiger partial charge in [-0.25, -0.2) is 0 Å². The van der Waals surface area contributed by atoms with Gasteiger partial charge < -0.3 is 14.2 Å². The zero-order chi connectivity index (χ0) is 20.9. The predicted molar refractivity (Wildman–Crippen MR) is 116 cm³/mol. The molecule has 0 aliphatic heterocycles. The van der Waals surface area contributed by atoms with Crippen LogP contribution < -0.4 is 4.74 Å². The topological polar surface area (TPSA) is 68.5 Å². The van der Waals surface area contributed by atoms with Crippen LogP contribution in [0.1, 0.15) is 21.8 Å². The summed E-state index contributed by atoms with van der Waals surface area (Å²) >= 11 is 7.69. The van der Waals surface area contributed by atoms with Crippen molar-refractivity contribution in [2.24, 2.45) is 0 Å². The number of hydrogen-bond donors (Lipinski definition) is 0. The van der Waals surface area contributed by atoms with E-state index in [-0.39, 0.29) is 12.5 Å². The molecule has 8 heteroatoms. The number of ether oxygens (including phenoxy) is 1. The minimum Gasteiger partial charge on any atom is -0.489 e. The van der Waals surface area contributed by atoms with Gasteiger partial charge in [0.05, 0.1) is 11.4 Å². The summed E-state index contributed by atoms with van der Waals surface area (Å²) in [6, 6.07) is 18.4. The Morgan fingerprint density at radius 3 is 2.83 bits per heavy atom. The maximum Gasteiger partial charge on any atom is 0.254 e. The van der Waals surface area contributed by atoms with Crippen LogP contribution in [-0.4, -0.2) is 28.0 Å². The van der Waals surface area contributed by atoms with Crippen LogP contribution in [0.3, 0.4) is 0 Å². The molecule has 152 valence electrons. The summed E-state index contributed by atoms with van der Waals surface area (Å²) < 4.78 is 11.1. The lowest BCUT2D eigenvalue weighted by Gasteiger charge is -2.15. The average molecular weight is 440 g/mol. The summed E-state index contributed by atoms with van der Waals surface area (Å²) in [6.07, 6.45) is 0. The molecule has 2 heterocycles. The van der Waals surface area contributed by atoms with Gasteiger partial charge in [0.25, 0.3) is 5.91 Å². The van der Waals surface area contributed by atoms with E-state index in [1.807, 2.05) is 41.8 Å². The Bertz CT molecular complexity index is 1140. The zero-order valence-electron chi connectivity index (χ0n) is 16.1. The number of nitrogens with zero attached hydrogens (tertiary/aromatic N) is 3. The third kappa shape index (κ3) is 4.69. The van der Waals surface area contributed by atoms with Crippen molar-refractivity contribution < 1.29 is 14.1 Å². The second-order valence-electron chi connectivity index (χ2n) is 6.56. The molecule has 0 saturated heterocycles. The quantitative estimate of drug-likeness (QED) is 0.390. The summed E-state index contributed by atoms with van der Waals surface area (Å²) in [7, 11) is 1.69. The molecule has 0 N–H and O–H groups in total. The van der Waals surface area contributed by atoms with Crippen molar-refractivity contribution in [1.82, 2.24) is 15.0 Å². The Hall–Kier alpha value is -3.16. The summed E-state index contributed by atoms with van der Waals surface area (Å²) in [5.74, 6) is 1.32. The summed E-state index contributed by atoms with van der Waals surface area (Å²) in [5.41, 5.74) is 1.39. The fourth-order valence-electron chi connectivity index (χ4n) is 2.82. The molecule has 0 spiro atoms. The first-order valence-corrected chi connectivity index (χ1v) is 10.4. The van der Waals surface area contributed by atoms with E-state index in [1.165, 1.54) is 16.2 Å². The molecule has 0 fully saturated rings. The molecular weight excluding hydrogens is 422 g/mol. The molecule has 0 aliphatic carbocycles. The van der Waals surface area contributed by atoms with Gasteiger partial charge in [0, 0.05) is 23.2 Å². The molecule has 4 aromatic rings. The van der Waals surface area contributed by atoms with Crippen LogP contribution in [0.15, 0.2) is 70.6 Å². The molecule has 0 atom stereocenters. The highest BCUT2D eigenvalue weighted by Crippen LogP contribution is 2.22. The van der Waals surface area contributed by atoms with Gasteiger partial charge in [-0.05, 0) is 35.7 Å². The average Bonchev–Trinajstić information content (AvgIpc) is 3.45. The number of amides is 1. The second kappa shape index (κ2) is 9.11. The maximum absolute atomic E-state index is 12.8. The van der Waals surface area contributed by atoms with Crippen LogP contribution in [-0.2, 0) is 13.2 Å². The smallest absolute Gasteiger partial charge is 0.254 e. The first-order chi connectivity index (χ1) is 14.6. The highest BCUT2D eigenvalue weighted by Gasteiger charge is 2.17. The molecule has 6 nitrogen and oxygen atoms in total. The first kappa shape index (κ1) is 20.1. The number of rotatable bonds is 7. The van der Waals surface area contributed by atoms with Crippen molar-refractivity contribution in [2.75, 3.05) is 7.05 Å². The highest BCUT2D eigenvalue weighted by atomic mass is 35.5. The van der Waals surface area contributed by atoms with Crippen molar-refractivity contribution in [2.45, 2.75) is 13.2 Å². The van der Waals surface area contributed by atoms with Gasteiger partial charge in [0.2, 0.25) is 11.7 Å². The van der Waals surface area contributed by atoms with E-state index in [2.05, 4.69) is 10.1 Å². The highest BCUT2D eigenvalue weighted by molar-refractivity contribution is 7.13. The van der Waals surface area contributed by atoms with Crippen molar-refractivity contribution >= 4 is 28.8 Å². The van der Waals surface area contributed by atoms with E-state index in [1.54, 1.807) is 31.3 Å². The van der Waals surface area contributed by atoms with E-state index in [0.717, 1.165) is 10.4 Å². The Morgan fingerprint density at radius 2 is 2.03 bits per heavy atom. The molecule has 4 rings (SSSR count). The predicted octanol–water partition coefficient (Wildman–Crippen LogP) is 5.30. The number of aromatic nitrogens is 2. The Labute approximate surface area is 182 Å². The minimum absolute atomic E-state index is 0.172. The number of carbonyl (C=O) groups is 1. The standard InChI is InChI=1S/C22H18ClN3O3S/c1-26(13-20-24-21(25-29-20)19-10-5-11-30-19)22(27)15-7-4-8-17(12-15)28-14-16-6-2-3-9-18(16)23/h2-12H,13-14H2,1H3. The molecule has 0 radical (unpaired) electrons. The van der Waals surface area contributed by atoms with Crippen molar-refractivity contribution in [3.8, 4) is 16.5 Å². The van der Waals surface area contributed by atoms with Gasteiger partial charge in [-0.2, -0.15) is 4.98 Å². The van der Waals surface area contributed by atoms with Crippen molar-refractivity contribution in [3.63, 3.8) is 0 Å². The lowest BCUT2D eigenvalue weighted by atomic mass is 10.2. The van der Waals surface area contributed by atoms with Crippen molar-refractivity contribution in [3.05, 3.63) is 88.1 Å². The number of benzene rings is 2. The molecule has 0 aliphatic rings. The van der Waals surface area contributed by atoms with Gasteiger partial charge in [-0.15, -0.1) is 11.3 Å². The van der Waals surface area contributed by atoms with E-state index < -0.39 is 0 Å². The Kier molecular flexibility index (Phi) is 6.11. The van der Waals surface area contributed by atoms with E-state index in [4.69, 9.17) is 20.9 Å². The van der Waals surface area contributed by atoms with Crippen LogP contribution in [0, 0.1) is 0 Å². The molecule has 0 saturated carbocycles. The molecular formula is C22H18ClN3O3S. The number of hydrogen-bond acceptors (Lipinski definition) is 6. The summed E-state index contributed by atoms with van der Waals surface area (Å²) in [4.78, 5) is 19.6. The second-order valence-corrected chi connectivity index (χ2v) is 7.91. The molecule has 0 unspecified atom stereocenters. The fraction of sp³-hybridized carbons (Fsp3) is 0.136. The normalized spacial score (nSPS) is 10.7. The molecule has 30 heavy (non-hydrogen) atoms. The van der Waals surface area contributed by atoms with Crippen LogP contribution in [0.25, 0.3) is 10.7 Å². The van der Waals surface area contributed by atoms with Gasteiger partial charge in [-0.1, -0.05) is 47.1 Å². The minimum atomic E-state index is -0.172. The number of carbonyl (C=O) groups excluding carboxylic acids is 1. The monoisotopic (exact) mass is 439 g/mol. The van der Waals surface area contributed by atoms with Crippen molar-refractivity contribution in [1.29, 1.82) is 0 Å². The molecule has 0 bridgehead atoms. The molecule has 2 aromatic heterocycles. The zero-order valence-corrected chi connectivity index (χ0v) is 17.7. The van der Waals surface area contributed by atoms with Gasteiger partial charge >= 0.3 is 0 Å². The van der Waals surface area contributed by atoms with Gasteiger partial charge in [-0.3, -0.25) is 4.79 Å². The summed E-state index contributed by atoms with van der Waals surface area (Å²) in [6.45, 7) is 0.530. The lowest BCUT2D eigenvalue weighted by molar-refractivity contribution is 0.0769. The Balaban J connectivity index is 1.40. The molecule has 1 amide bonds. The molecule has 2 aromatic carbocycles.